The minimum absolute atomic E-state index is 0.0122. The first kappa shape index (κ1) is 74.3. The molecule has 26 N–H and O–H groups in total. The number of hydrogen-bond donors (Lipinski definition) is 22. The second kappa shape index (κ2) is 36.8. The van der Waals surface area contributed by atoms with Crippen molar-refractivity contribution in [1.29, 1.82) is 0 Å². The van der Waals surface area contributed by atoms with Crippen molar-refractivity contribution in [3.63, 3.8) is 0 Å². The lowest BCUT2D eigenvalue weighted by Crippen LogP contribution is -2.62. The van der Waals surface area contributed by atoms with E-state index in [4.69, 9.17) is 33.1 Å². The lowest BCUT2D eigenvalue weighted by Gasteiger charge is -2.28. The van der Waals surface area contributed by atoms with Gasteiger partial charge in [0.15, 0.2) is 5.96 Å². The van der Waals surface area contributed by atoms with Crippen LogP contribution in [-0.4, -0.2) is 236 Å². The summed E-state index contributed by atoms with van der Waals surface area (Å²) in [4.78, 5) is 173. The first-order valence-electron chi connectivity index (χ1n) is 26.3. The van der Waals surface area contributed by atoms with Crippen molar-refractivity contribution in [2.75, 3.05) is 26.3 Å². The molecule has 476 valence electrons. The van der Waals surface area contributed by atoms with E-state index in [1.54, 1.807) is 30.3 Å². The van der Waals surface area contributed by atoms with Crippen LogP contribution >= 0.6 is 0 Å². The van der Waals surface area contributed by atoms with Gasteiger partial charge in [-0.1, -0.05) is 30.3 Å². The number of aliphatic carboxylic acids is 1. The molecule has 0 radical (unpaired) electrons. The second-order valence-electron chi connectivity index (χ2n) is 19.5. The molecular formula is C49H80N16O20. The number of guanidine groups is 1. The zero-order valence-electron chi connectivity index (χ0n) is 47.4. The average Bonchev–Trinajstić information content (AvgIpc) is 3.58. The molecule has 36 heteroatoms. The fourth-order valence-corrected chi connectivity index (χ4v) is 7.21. The highest BCUT2D eigenvalue weighted by atomic mass is 16.4. The van der Waals surface area contributed by atoms with E-state index in [0.29, 0.717) is 5.56 Å². The van der Waals surface area contributed by atoms with E-state index >= 15 is 0 Å². The summed E-state index contributed by atoms with van der Waals surface area (Å²) < 4.78 is 0. The summed E-state index contributed by atoms with van der Waals surface area (Å²) in [7, 11) is 0. The quantitative estimate of drug-likeness (QED) is 0.0167. The molecule has 1 rings (SSSR count). The van der Waals surface area contributed by atoms with E-state index in [1.165, 1.54) is 6.92 Å². The minimum Gasteiger partial charge on any atom is -0.480 e. The third kappa shape index (κ3) is 26.6. The molecule has 0 spiro atoms. The topological polar surface area (TPSA) is 612 Å². The summed E-state index contributed by atoms with van der Waals surface area (Å²) in [5.41, 5.74) is 22.2. The van der Waals surface area contributed by atoms with Crippen molar-refractivity contribution in [2.45, 2.75) is 158 Å². The Kier molecular flexibility index (Phi) is 32.2. The van der Waals surface area contributed by atoms with Crippen molar-refractivity contribution < 1.29 is 98.1 Å². The van der Waals surface area contributed by atoms with Crippen LogP contribution in [0.25, 0.3) is 0 Å². The standard InChI is InChI=1S/C49H80N16O20/c1-20(38(74)59-27(13-10-14-54-49(52)53)40(76)63-37(25(6)71)47(83)65-35(23(4)69)45(81)55-17-33(73)58-31(19-67)48(84)85)56-43(79)30(18-66)62-39(75)21(2)57-46(82)36(24(5)70)64-42(78)28(15-26-11-8-7-9-12-26)60-41(77)29(16-32(50)72)61-44(80)34(51)22(3)68/h7-9,11-12,20-25,27-31,34-37,66-71H,10,13-19,51H2,1-6H3,(H2,50,72)(H,55,81)(H,56,79)(H,57,82)(H,58,73)(H,59,74)(H,60,77)(H,61,80)(H,62,75)(H,63,76)(H,64,78)(H,65,83)(H,84,85)(H4,52,53,54)/t20-,21-,22+,23+,24+,25+,27-,28-,29-,30-,31-,34-,35-,36-,37-/m0/s1. The van der Waals surface area contributed by atoms with Crippen molar-refractivity contribution in [1.82, 2.24) is 58.5 Å². The summed E-state index contributed by atoms with van der Waals surface area (Å²) in [6.45, 7) is 3.59. The molecule has 1 aromatic rings. The Morgan fingerprint density at radius 1 is 0.482 bits per heavy atom. The van der Waals surface area contributed by atoms with E-state index in [9.17, 15) is 87.9 Å². The molecule has 0 aromatic heterocycles. The Labute approximate surface area is 486 Å². The molecule has 85 heavy (non-hydrogen) atoms. The molecule has 0 unspecified atom stereocenters. The molecule has 0 saturated heterocycles. The van der Waals surface area contributed by atoms with Crippen LogP contribution in [0.3, 0.4) is 0 Å². The Balaban J connectivity index is 3.23. The second-order valence-corrected chi connectivity index (χ2v) is 19.5. The van der Waals surface area contributed by atoms with Gasteiger partial charge in [0.2, 0.25) is 70.9 Å². The molecule has 36 nitrogen and oxygen atoms in total. The van der Waals surface area contributed by atoms with E-state index < -0.39 is 194 Å². The molecular weight excluding hydrogens is 1130 g/mol. The Morgan fingerprint density at radius 2 is 0.906 bits per heavy atom. The number of aliphatic imine (C=N–C) groups is 1. The maximum atomic E-state index is 13.9. The number of carbonyl (C=O) groups excluding carboxylic acids is 12. The molecule has 15 atom stereocenters. The first-order valence-corrected chi connectivity index (χ1v) is 26.3. The van der Waals surface area contributed by atoms with Gasteiger partial charge in [-0.3, -0.25) is 62.5 Å². The average molecular weight is 1210 g/mol. The molecule has 0 heterocycles. The minimum atomic E-state index is -1.91. The van der Waals surface area contributed by atoms with Crippen LogP contribution in [0.15, 0.2) is 35.3 Å². The van der Waals surface area contributed by atoms with Gasteiger partial charge in [0.1, 0.15) is 66.5 Å². The highest BCUT2D eigenvalue weighted by Crippen LogP contribution is 2.09. The van der Waals surface area contributed by atoms with E-state index in [2.05, 4.69) is 58.2 Å². The van der Waals surface area contributed by atoms with Gasteiger partial charge in [0, 0.05) is 13.0 Å². The van der Waals surface area contributed by atoms with Crippen LogP contribution in [0, 0.1) is 0 Å². The van der Waals surface area contributed by atoms with Crippen LogP contribution in [0.2, 0.25) is 0 Å². The van der Waals surface area contributed by atoms with Gasteiger partial charge in [-0.05, 0) is 59.9 Å². The Hall–Kier alpha value is -8.68. The van der Waals surface area contributed by atoms with Crippen LogP contribution in [0.4, 0.5) is 0 Å². The van der Waals surface area contributed by atoms with Crippen molar-refractivity contribution in [3.8, 4) is 0 Å². The predicted octanol–water partition coefficient (Wildman–Crippen LogP) is -11.9. The maximum Gasteiger partial charge on any atom is 0.328 e. The number of primary amides is 1. The van der Waals surface area contributed by atoms with Gasteiger partial charge in [0.25, 0.3) is 0 Å². The summed E-state index contributed by atoms with van der Waals surface area (Å²) in [5, 5.41) is 93.7. The number of nitrogens with zero attached hydrogens (tertiary/aromatic N) is 1. The number of aliphatic hydroxyl groups is 6. The number of rotatable bonds is 37. The van der Waals surface area contributed by atoms with Crippen LogP contribution < -0.4 is 81.4 Å². The lowest BCUT2D eigenvalue weighted by molar-refractivity contribution is -0.143. The molecule has 0 aliphatic heterocycles. The lowest BCUT2D eigenvalue weighted by atomic mass is 10.0. The molecule has 0 aliphatic rings. The molecule has 0 aliphatic carbocycles. The summed E-state index contributed by atoms with van der Waals surface area (Å²) in [5.74, 6) is -15.4. The summed E-state index contributed by atoms with van der Waals surface area (Å²) >= 11 is 0. The van der Waals surface area contributed by atoms with Crippen molar-refractivity contribution >= 4 is 82.8 Å². The van der Waals surface area contributed by atoms with Crippen molar-refractivity contribution in [3.05, 3.63) is 35.9 Å². The molecule has 0 bridgehead atoms. The smallest absolute Gasteiger partial charge is 0.328 e. The highest BCUT2D eigenvalue weighted by Gasteiger charge is 2.37. The van der Waals surface area contributed by atoms with E-state index in [1.807, 2.05) is 5.32 Å². The Bertz CT molecular complexity index is 2520. The molecule has 12 amide bonds. The number of hydrogen-bond acceptors (Lipinski definition) is 21. The normalized spacial score (nSPS) is 16.3. The van der Waals surface area contributed by atoms with E-state index in [-0.39, 0.29) is 31.8 Å². The maximum absolute atomic E-state index is 13.9. The van der Waals surface area contributed by atoms with Gasteiger partial charge < -0.3 is 117 Å². The summed E-state index contributed by atoms with van der Waals surface area (Å²) in [6, 6.07) is -10.7. The number of aliphatic hydroxyl groups excluding tert-OH is 6. The SMILES string of the molecule is C[C@H](NC(=O)[C@H](CO)NC(=O)[C@H](C)NC(=O)[C@@H](NC(=O)[C@H](Cc1ccccc1)NC(=O)[C@H](CC(N)=O)NC(=O)[C@@H](N)[C@@H](C)O)[C@@H](C)O)C(=O)N[C@@H](CCCN=C(N)N)C(=O)N[C@H](C(=O)N[C@H](C(=O)NCC(=O)N[C@@H](CO)C(=O)O)[C@@H](C)O)[C@@H](C)O. The molecule has 1 aromatic carbocycles. The fourth-order valence-electron chi connectivity index (χ4n) is 7.21. The van der Waals surface area contributed by atoms with Crippen LogP contribution in [-0.2, 0) is 68.7 Å². The zero-order chi connectivity index (χ0) is 65.0. The third-order valence-corrected chi connectivity index (χ3v) is 12.1. The largest absolute Gasteiger partial charge is 0.480 e. The zero-order valence-corrected chi connectivity index (χ0v) is 47.4. The third-order valence-electron chi connectivity index (χ3n) is 12.1. The number of nitrogens with one attached hydrogen (secondary N) is 11. The number of amides is 12. The number of carbonyl (C=O) groups is 13. The fraction of sp³-hybridized carbons (Fsp3) is 0.592. The molecule has 0 fully saturated rings. The first-order chi connectivity index (χ1) is 39.6. The monoisotopic (exact) mass is 1210 g/mol. The summed E-state index contributed by atoms with van der Waals surface area (Å²) in [6.07, 6.45) is -7.80. The van der Waals surface area contributed by atoms with Gasteiger partial charge >= 0.3 is 5.97 Å². The number of nitrogens with two attached hydrogens (primary N) is 4. The predicted molar refractivity (Wildman–Crippen MR) is 294 cm³/mol. The number of benzene rings is 1. The van der Waals surface area contributed by atoms with Crippen molar-refractivity contribution in [2.24, 2.45) is 27.9 Å². The Morgan fingerprint density at radius 3 is 1.38 bits per heavy atom. The van der Waals surface area contributed by atoms with Crippen LogP contribution in [0.1, 0.15) is 66.4 Å². The van der Waals surface area contributed by atoms with E-state index in [0.717, 1.165) is 34.6 Å². The number of carboxylic acid groups (broad SMARTS) is 1. The van der Waals surface area contributed by atoms with Crippen LogP contribution in [0.5, 0.6) is 0 Å². The number of carboxylic acids is 1. The van der Waals surface area contributed by atoms with Gasteiger partial charge in [-0.2, -0.15) is 0 Å². The van der Waals surface area contributed by atoms with Gasteiger partial charge in [0.05, 0.1) is 50.6 Å². The van der Waals surface area contributed by atoms with Gasteiger partial charge in [-0.15, -0.1) is 0 Å². The molecule has 0 saturated carbocycles. The van der Waals surface area contributed by atoms with Gasteiger partial charge in [-0.25, -0.2) is 4.79 Å². The highest BCUT2D eigenvalue weighted by molar-refractivity contribution is 6.00.